The number of benzene rings is 2. The van der Waals surface area contributed by atoms with E-state index in [1.54, 1.807) is 0 Å². The summed E-state index contributed by atoms with van der Waals surface area (Å²) in [5.41, 5.74) is 3.38. The van der Waals surface area contributed by atoms with Gasteiger partial charge in [-0.25, -0.2) is 0 Å². The molecule has 2 heteroatoms. The quantitative estimate of drug-likeness (QED) is 0.385. The van der Waals surface area contributed by atoms with Crippen molar-refractivity contribution in [2.75, 3.05) is 5.32 Å². The Hall–Kier alpha value is -1.80. The number of aliphatic hydroxyl groups excluding tert-OH is 1. The van der Waals surface area contributed by atoms with E-state index in [9.17, 15) is 5.11 Å². The molecule has 0 aliphatic carbocycles. The molecule has 0 fully saturated rings. The van der Waals surface area contributed by atoms with Crippen LogP contribution in [0.2, 0.25) is 0 Å². The second-order valence-electron chi connectivity index (χ2n) is 7.31. The van der Waals surface area contributed by atoms with Crippen LogP contribution in [0.5, 0.6) is 0 Å². The van der Waals surface area contributed by atoms with Crippen molar-refractivity contribution < 1.29 is 5.11 Å². The molecular weight excluding hydrogens is 318 g/mol. The van der Waals surface area contributed by atoms with Gasteiger partial charge in [0, 0.05) is 11.4 Å². The SMILES string of the molecule is CCCCCCCCCCC(O)Cc1ccc(Nc2ccccc2)cc1. The zero-order valence-electron chi connectivity index (χ0n) is 16.3. The molecule has 2 aromatic carbocycles. The van der Waals surface area contributed by atoms with E-state index < -0.39 is 0 Å². The number of hydrogen-bond donors (Lipinski definition) is 2. The minimum Gasteiger partial charge on any atom is -0.393 e. The third kappa shape index (κ3) is 8.53. The van der Waals surface area contributed by atoms with Crippen LogP contribution in [0, 0.1) is 0 Å². The van der Waals surface area contributed by atoms with Gasteiger partial charge in [-0.2, -0.15) is 0 Å². The fraction of sp³-hybridized carbons (Fsp3) is 0.500. The zero-order valence-corrected chi connectivity index (χ0v) is 16.3. The van der Waals surface area contributed by atoms with Crippen LogP contribution in [0.1, 0.15) is 70.3 Å². The number of para-hydroxylation sites is 1. The van der Waals surface area contributed by atoms with Gasteiger partial charge in [0.25, 0.3) is 0 Å². The molecule has 0 bridgehead atoms. The molecule has 2 aromatic rings. The summed E-state index contributed by atoms with van der Waals surface area (Å²) in [5.74, 6) is 0. The Morgan fingerprint density at radius 3 is 1.96 bits per heavy atom. The Balaban J connectivity index is 1.60. The highest BCUT2D eigenvalue weighted by Gasteiger charge is 2.06. The van der Waals surface area contributed by atoms with Gasteiger partial charge in [-0.05, 0) is 42.7 Å². The first kappa shape index (κ1) is 20.5. The maximum Gasteiger partial charge on any atom is 0.0580 e. The van der Waals surface area contributed by atoms with Crippen LogP contribution in [0.15, 0.2) is 54.6 Å². The fourth-order valence-corrected chi connectivity index (χ4v) is 3.30. The van der Waals surface area contributed by atoms with E-state index >= 15 is 0 Å². The van der Waals surface area contributed by atoms with E-state index in [0.29, 0.717) is 0 Å². The number of unbranched alkanes of at least 4 members (excludes halogenated alkanes) is 7. The lowest BCUT2D eigenvalue weighted by molar-refractivity contribution is 0.161. The molecular formula is C24H35NO. The molecule has 2 nitrogen and oxygen atoms in total. The summed E-state index contributed by atoms with van der Waals surface area (Å²) >= 11 is 0. The molecule has 1 unspecified atom stereocenters. The van der Waals surface area contributed by atoms with Crippen molar-refractivity contribution in [3.8, 4) is 0 Å². The van der Waals surface area contributed by atoms with Gasteiger partial charge in [0.15, 0.2) is 0 Å². The maximum absolute atomic E-state index is 10.3. The van der Waals surface area contributed by atoms with Gasteiger partial charge >= 0.3 is 0 Å². The Morgan fingerprint density at radius 2 is 1.31 bits per heavy atom. The second kappa shape index (κ2) is 12.5. The van der Waals surface area contributed by atoms with Crippen molar-refractivity contribution in [2.45, 2.75) is 77.2 Å². The molecule has 1 atom stereocenters. The van der Waals surface area contributed by atoms with Crippen molar-refractivity contribution in [1.29, 1.82) is 0 Å². The standard InChI is InChI=1S/C24H35NO/c1-2-3-4-5-6-7-8-12-15-24(26)20-21-16-18-23(19-17-21)25-22-13-10-9-11-14-22/h9-11,13-14,16-19,24-26H,2-8,12,15,20H2,1H3. The normalized spacial score (nSPS) is 12.1. The van der Waals surface area contributed by atoms with Crippen LogP contribution < -0.4 is 5.32 Å². The van der Waals surface area contributed by atoms with Crippen LogP contribution in [0.4, 0.5) is 11.4 Å². The van der Waals surface area contributed by atoms with Gasteiger partial charge in [-0.3, -0.25) is 0 Å². The largest absolute Gasteiger partial charge is 0.393 e. The highest BCUT2D eigenvalue weighted by atomic mass is 16.3. The fourth-order valence-electron chi connectivity index (χ4n) is 3.30. The van der Waals surface area contributed by atoms with Crippen molar-refractivity contribution in [1.82, 2.24) is 0 Å². The smallest absolute Gasteiger partial charge is 0.0580 e. The highest BCUT2D eigenvalue weighted by Crippen LogP contribution is 2.18. The number of anilines is 2. The van der Waals surface area contributed by atoms with Crippen molar-refractivity contribution in [3.05, 3.63) is 60.2 Å². The molecule has 0 heterocycles. The summed E-state index contributed by atoms with van der Waals surface area (Å²) in [4.78, 5) is 0. The molecule has 2 N–H and O–H groups in total. The predicted molar refractivity (Wildman–Crippen MR) is 113 cm³/mol. The third-order valence-corrected chi connectivity index (χ3v) is 4.88. The van der Waals surface area contributed by atoms with E-state index in [1.807, 2.05) is 18.2 Å². The Labute approximate surface area is 159 Å². The summed E-state index contributed by atoms with van der Waals surface area (Å²) in [5, 5.41) is 13.7. The van der Waals surface area contributed by atoms with E-state index in [4.69, 9.17) is 0 Å². The van der Waals surface area contributed by atoms with Gasteiger partial charge in [-0.1, -0.05) is 88.6 Å². The number of aliphatic hydroxyl groups is 1. The van der Waals surface area contributed by atoms with Crippen LogP contribution in [0.3, 0.4) is 0 Å². The first-order valence-electron chi connectivity index (χ1n) is 10.4. The van der Waals surface area contributed by atoms with E-state index in [1.165, 1.54) is 50.5 Å². The monoisotopic (exact) mass is 353 g/mol. The molecule has 0 radical (unpaired) electrons. The maximum atomic E-state index is 10.3. The molecule has 26 heavy (non-hydrogen) atoms. The summed E-state index contributed by atoms with van der Waals surface area (Å²) in [6.07, 6.45) is 12.0. The molecule has 0 aromatic heterocycles. The first-order chi connectivity index (χ1) is 12.8. The van der Waals surface area contributed by atoms with Gasteiger partial charge in [0.1, 0.15) is 0 Å². The van der Waals surface area contributed by atoms with E-state index in [0.717, 1.165) is 30.6 Å². The van der Waals surface area contributed by atoms with Crippen molar-refractivity contribution in [2.24, 2.45) is 0 Å². The number of nitrogens with one attached hydrogen (secondary N) is 1. The van der Waals surface area contributed by atoms with Gasteiger partial charge < -0.3 is 10.4 Å². The van der Waals surface area contributed by atoms with Crippen LogP contribution in [0.25, 0.3) is 0 Å². The lowest BCUT2D eigenvalue weighted by Gasteiger charge is -2.12. The third-order valence-electron chi connectivity index (χ3n) is 4.88. The molecule has 0 saturated heterocycles. The summed E-state index contributed by atoms with van der Waals surface area (Å²) in [6, 6.07) is 18.6. The summed E-state index contributed by atoms with van der Waals surface area (Å²) < 4.78 is 0. The Kier molecular flexibility index (Phi) is 9.89. The molecule has 0 spiro atoms. The minimum atomic E-state index is -0.219. The predicted octanol–water partition coefficient (Wildman–Crippen LogP) is 6.86. The Bertz CT molecular complexity index is 579. The van der Waals surface area contributed by atoms with Crippen LogP contribution >= 0.6 is 0 Å². The van der Waals surface area contributed by atoms with E-state index in [2.05, 4.69) is 48.6 Å². The number of hydrogen-bond acceptors (Lipinski definition) is 2. The zero-order chi connectivity index (χ0) is 18.5. The average molecular weight is 354 g/mol. The second-order valence-corrected chi connectivity index (χ2v) is 7.31. The van der Waals surface area contributed by atoms with E-state index in [-0.39, 0.29) is 6.10 Å². The van der Waals surface area contributed by atoms with Gasteiger partial charge in [0.05, 0.1) is 6.10 Å². The van der Waals surface area contributed by atoms with Crippen molar-refractivity contribution >= 4 is 11.4 Å². The highest BCUT2D eigenvalue weighted by molar-refractivity contribution is 5.59. The molecule has 0 amide bonds. The van der Waals surface area contributed by atoms with Crippen molar-refractivity contribution in [3.63, 3.8) is 0 Å². The molecule has 0 aliphatic rings. The molecule has 142 valence electrons. The number of rotatable bonds is 13. The summed E-state index contributed by atoms with van der Waals surface area (Å²) in [7, 11) is 0. The summed E-state index contributed by atoms with van der Waals surface area (Å²) in [6.45, 7) is 2.26. The lowest BCUT2D eigenvalue weighted by atomic mass is 10.0. The molecule has 0 aliphatic heterocycles. The lowest BCUT2D eigenvalue weighted by Crippen LogP contribution is -2.10. The van der Waals surface area contributed by atoms with Gasteiger partial charge in [0.2, 0.25) is 0 Å². The minimum absolute atomic E-state index is 0.219. The topological polar surface area (TPSA) is 32.3 Å². The Morgan fingerprint density at radius 1 is 0.731 bits per heavy atom. The molecule has 2 rings (SSSR count). The molecule has 0 saturated carbocycles. The average Bonchev–Trinajstić information content (AvgIpc) is 2.66. The van der Waals surface area contributed by atoms with Crippen LogP contribution in [-0.2, 0) is 6.42 Å². The van der Waals surface area contributed by atoms with Gasteiger partial charge in [-0.15, -0.1) is 0 Å². The van der Waals surface area contributed by atoms with Crippen LogP contribution in [-0.4, -0.2) is 11.2 Å². The first-order valence-corrected chi connectivity index (χ1v) is 10.4.